The number of rotatable bonds is 25. The second-order valence-electron chi connectivity index (χ2n) is 18.6. The lowest BCUT2D eigenvalue weighted by atomic mass is 9.71. The SMILES string of the molecule is CCCc1cc2c(cc1C)C(c1ccc(C(=O)NCC(C)(C)SSCOCC#C[B][C@H]3C[C@@H](OCSSC(C)(C)C)[C@@H](COP(=O)(O)OP(=O)(O)OP(=O)(O)O)O3)cc1C(=O)O)C1C=C(C)C(=NCC)C=C1O2. The smallest absolute Gasteiger partial charge is 0.478 e. The number of nitrogens with one attached hydrogen (secondary N) is 1. The first-order valence-electron chi connectivity index (χ1n) is 23.1. The van der Waals surface area contributed by atoms with Crippen molar-refractivity contribution in [2.75, 3.05) is 38.2 Å². The second kappa shape index (κ2) is 26.8. The van der Waals surface area contributed by atoms with E-state index in [-0.39, 0.29) is 53.2 Å². The number of hydrogen-bond donors (Lipinski definition) is 6. The number of carboxylic acid groups (broad SMARTS) is 1. The summed E-state index contributed by atoms with van der Waals surface area (Å²) in [5, 5.41) is 13.6. The van der Waals surface area contributed by atoms with Crippen molar-refractivity contribution in [2.45, 2.75) is 115 Å². The van der Waals surface area contributed by atoms with Crippen LogP contribution in [0.1, 0.15) is 117 Å². The molecule has 401 valence electrons. The van der Waals surface area contributed by atoms with Gasteiger partial charge in [-0.25, -0.2) is 18.5 Å². The van der Waals surface area contributed by atoms with Gasteiger partial charge in [0.25, 0.3) is 13.2 Å². The highest BCUT2D eigenvalue weighted by Gasteiger charge is 2.44. The minimum absolute atomic E-state index is 0.0348. The van der Waals surface area contributed by atoms with Crippen LogP contribution in [0, 0.1) is 24.6 Å². The number of aliphatic imine (C=N–C) groups is 1. The van der Waals surface area contributed by atoms with Crippen molar-refractivity contribution in [2.24, 2.45) is 10.9 Å². The van der Waals surface area contributed by atoms with Crippen LogP contribution < -0.4 is 10.1 Å². The number of nitrogens with zero attached hydrogens (tertiary/aromatic N) is 1. The van der Waals surface area contributed by atoms with Gasteiger partial charge in [-0.3, -0.25) is 14.3 Å². The Morgan fingerprint density at radius 1 is 0.959 bits per heavy atom. The Balaban J connectivity index is 1.13. The molecule has 0 spiro atoms. The lowest BCUT2D eigenvalue weighted by Gasteiger charge is -2.37. The first-order valence-corrected chi connectivity index (χ1v) is 32.2. The normalized spacial score (nSPS) is 22.1. The first kappa shape index (κ1) is 61.5. The molecule has 0 bridgehead atoms. The molecule has 73 heavy (non-hydrogen) atoms. The van der Waals surface area contributed by atoms with Crippen molar-refractivity contribution in [3.05, 3.63) is 87.2 Å². The van der Waals surface area contributed by atoms with E-state index in [1.54, 1.807) is 30.2 Å². The quantitative estimate of drug-likeness (QED) is 0.0135. The number of carbonyl (C=O) groups is 2. The number of carboxylic acids is 1. The van der Waals surface area contributed by atoms with Crippen molar-refractivity contribution in [3.8, 4) is 17.5 Å². The molecule has 5 rings (SSSR count). The molecule has 2 aromatic rings. The Bertz CT molecular complexity index is 2630. The number of phosphoric ester groups is 1. The number of ether oxygens (including phenoxy) is 4. The summed E-state index contributed by atoms with van der Waals surface area (Å²) in [6, 6.07) is 8.43. The third-order valence-corrected chi connectivity index (χ3v) is 20.6. The van der Waals surface area contributed by atoms with Gasteiger partial charge in [0.05, 0.1) is 24.0 Å². The fraction of sp³-hybridized carbons (Fsp3) is 0.543. The topological polar surface area (TPSA) is 275 Å². The summed E-state index contributed by atoms with van der Waals surface area (Å²) >= 11 is 0. The molecule has 1 amide bonds. The lowest BCUT2D eigenvalue weighted by Crippen LogP contribution is -2.36. The van der Waals surface area contributed by atoms with Gasteiger partial charge < -0.3 is 48.9 Å². The number of carbonyl (C=O) groups excluding carboxylic acids is 1. The van der Waals surface area contributed by atoms with Crippen LogP contribution in [0.15, 0.2) is 58.8 Å². The van der Waals surface area contributed by atoms with Crippen LogP contribution in [0.5, 0.6) is 5.75 Å². The van der Waals surface area contributed by atoms with Crippen LogP contribution in [-0.2, 0) is 47.5 Å². The summed E-state index contributed by atoms with van der Waals surface area (Å²) < 4.78 is 71.1. The van der Waals surface area contributed by atoms with Gasteiger partial charge in [-0.15, -0.1) is 0 Å². The lowest BCUT2D eigenvalue weighted by molar-refractivity contribution is -0.0240. The standard InChI is InChI=1S/C46H63BN2O17P3S4/c1-10-13-30-21-37-34(18-28(30)3)42(35-19-29(4)36(48-11-2)22-38(35)63-37)32-15-14-31(20-33(32)44(51)52)43(50)49-25-46(8,9)73-70-26-60-17-12-16-47-41-23-39(61-27-71-72-45(5,6)7)40(64-41)24-62-68(56,57)66-69(58,59)65-67(53,54)55/h14-15,18-22,35,39-42H,10-11,13,17,23-27H2,1-9H3,(H,49,50)(H,51,52)(H,56,57)(H,58,59)(H2,53,54,55)/t35?,39-,40-,41-,42?/m1/s1. The highest BCUT2D eigenvalue weighted by Crippen LogP contribution is 2.66. The van der Waals surface area contributed by atoms with Crippen LogP contribution in [0.4, 0.5) is 0 Å². The maximum absolute atomic E-state index is 13.6. The monoisotopic (exact) mass is 1150 g/mol. The zero-order chi connectivity index (χ0) is 53.9. The average molecular weight is 1150 g/mol. The van der Waals surface area contributed by atoms with Gasteiger partial charge in [0.1, 0.15) is 36.1 Å². The number of aromatic carboxylic acids is 1. The summed E-state index contributed by atoms with van der Waals surface area (Å²) in [5.41, 5.74) is 5.80. The predicted octanol–water partition coefficient (Wildman–Crippen LogP) is 9.60. The van der Waals surface area contributed by atoms with Crippen LogP contribution >= 0.6 is 66.6 Å². The number of amides is 1. The number of aryl methyl sites for hydroxylation is 2. The van der Waals surface area contributed by atoms with Crippen LogP contribution in [-0.4, -0.2) is 115 Å². The molecule has 1 radical (unpaired) electrons. The number of hydrogen-bond acceptors (Lipinski definition) is 17. The third kappa shape index (κ3) is 19.3. The Labute approximate surface area is 443 Å². The van der Waals surface area contributed by atoms with Crippen molar-refractivity contribution in [3.63, 3.8) is 0 Å². The molecule has 0 aromatic heterocycles. The Morgan fingerprint density at radius 3 is 2.36 bits per heavy atom. The summed E-state index contributed by atoms with van der Waals surface area (Å²) in [6.45, 7) is 18.4. The van der Waals surface area contributed by atoms with E-state index in [1.165, 1.54) is 44.0 Å². The highest BCUT2D eigenvalue weighted by atomic mass is 33.1. The van der Waals surface area contributed by atoms with Gasteiger partial charge in [0.15, 0.2) is 0 Å². The molecule has 0 saturated carbocycles. The van der Waals surface area contributed by atoms with E-state index < -0.39 is 70.8 Å². The molecule has 27 heteroatoms. The van der Waals surface area contributed by atoms with E-state index in [9.17, 15) is 38.2 Å². The molecule has 2 aromatic carbocycles. The van der Waals surface area contributed by atoms with Gasteiger partial charge in [0.2, 0.25) is 0 Å². The summed E-state index contributed by atoms with van der Waals surface area (Å²) in [5.74, 6) is 5.37. The average Bonchev–Trinajstić information content (AvgIpc) is 3.67. The fourth-order valence-corrected chi connectivity index (χ4v) is 15.0. The van der Waals surface area contributed by atoms with Gasteiger partial charge in [-0.1, -0.05) is 101 Å². The maximum Gasteiger partial charge on any atom is 0.490 e. The summed E-state index contributed by atoms with van der Waals surface area (Å²) in [7, 11) is -9.17. The molecule has 19 nitrogen and oxygen atoms in total. The molecule has 1 aliphatic carbocycles. The molecular formula is C46H63BN2O17P3S4. The zero-order valence-electron chi connectivity index (χ0n) is 41.9. The van der Waals surface area contributed by atoms with Crippen molar-refractivity contribution in [1.29, 1.82) is 0 Å². The molecule has 1 saturated heterocycles. The molecule has 7 atom stereocenters. The van der Waals surface area contributed by atoms with E-state index >= 15 is 0 Å². The largest absolute Gasteiger partial charge is 0.490 e. The van der Waals surface area contributed by atoms with Gasteiger partial charge >= 0.3 is 29.4 Å². The summed E-state index contributed by atoms with van der Waals surface area (Å²) in [4.78, 5) is 68.3. The van der Waals surface area contributed by atoms with Gasteiger partial charge in [0, 0.05) is 57.6 Å². The predicted molar refractivity (Wildman–Crippen MR) is 288 cm³/mol. The Hall–Kier alpha value is -2.36. The molecule has 6 N–H and O–H groups in total. The van der Waals surface area contributed by atoms with E-state index in [2.05, 4.69) is 62.7 Å². The molecule has 1 fully saturated rings. The van der Waals surface area contributed by atoms with E-state index in [4.69, 9.17) is 33.3 Å². The Morgan fingerprint density at radius 2 is 1.68 bits per heavy atom. The molecular weight excluding hydrogens is 1080 g/mol. The van der Waals surface area contributed by atoms with E-state index in [0.717, 1.165) is 35.3 Å². The molecule has 3 aliphatic rings. The van der Waals surface area contributed by atoms with Gasteiger partial charge in [-0.2, -0.15) is 14.4 Å². The van der Waals surface area contributed by atoms with Crippen molar-refractivity contribution in [1.82, 2.24) is 5.32 Å². The number of benzene rings is 2. The van der Waals surface area contributed by atoms with Crippen LogP contribution in [0.2, 0.25) is 0 Å². The van der Waals surface area contributed by atoms with Crippen molar-refractivity contribution >= 4 is 91.5 Å². The first-order chi connectivity index (χ1) is 34.1. The number of phosphoric acid groups is 3. The minimum atomic E-state index is -5.70. The number of fused-ring (bicyclic) bond motifs is 2. The molecule has 4 unspecified atom stereocenters. The fourth-order valence-electron chi connectivity index (χ4n) is 7.83. The van der Waals surface area contributed by atoms with Crippen LogP contribution in [0.25, 0.3) is 0 Å². The zero-order valence-corrected chi connectivity index (χ0v) is 47.9. The highest BCUT2D eigenvalue weighted by molar-refractivity contribution is 8.77. The molecule has 2 heterocycles. The van der Waals surface area contributed by atoms with Gasteiger partial charge in [-0.05, 0) is 87.9 Å². The Kier molecular flexibility index (Phi) is 22.6. The summed E-state index contributed by atoms with van der Waals surface area (Å²) in [6.07, 6.45) is 4.52. The van der Waals surface area contributed by atoms with E-state index in [1.807, 2.05) is 54.5 Å². The molecule has 2 aliphatic heterocycles. The second-order valence-corrected chi connectivity index (χ2v) is 29.0. The maximum atomic E-state index is 13.6. The van der Waals surface area contributed by atoms with Crippen LogP contribution in [0.3, 0.4) is 0 Å². The third-order valence-electron chi connectivity index (χ3n) is 10.9. The minimum Gasteiger partial charge on any atom is -0.478 e. The van der Waals surface area contributed by atoms with Crippen molar-refractivity contribution < 1.29 is 80.1 Å². The number of allylic oxidation sites excluding steroid dienone is 3. The van der Waals surface area contributed by atoms with E-state index in [0.29, 0.717) is 23.6 Å².